The van der Waals surface area contributed by atoms with Gasteiger partial charge in [-0.05, 0) is 72.3 Å². The minimum absolute atomic E-state index is 0.0569. The Morgan fingerprint density at radius 2 is 1.72 bits per heavy atom. The highest BCUT2D eigenvalue weighted by molar-refractivity contribution is 7.99. The Hall–Kier alpha value is -4.57. The van der Waals surface area contributed by atoms with Crippen LogP contribution in [0.5, 0.6) is 11.5 Å². The van der Waals surface area contributed by atoms with Crippen molar-refractivity contribution < 1.29 is 28.7 Å². The lowest BCUT2D eigenvalue weighted by Gasteiger charge is -2.10. The Morgan fingerprint density at radius 3 is 2.33 bits per heavy atom. The first kappa shape index (κ1) is 24.6. The van der Waals surface area contributed by atoms with E-state index in [1.165, 1.54) is 37.1 Å². The maximum absolute atomic E-state index is 10.9. The van der Waals surface area contributed by atoms with Gasteiger partial charge in [-0.25, -0.2) is 4.79 Å². The number of nitro groups is 1. The first-order chi connectivity index (χ1) is 17.4. The minimum Gasteiger partial charge on any atom is -0.493 e. The highest BCUT2D eigenvalue weighted by Crippen LogP contribution is 2.31. The Kier molecular flexibility index (Phi) is 7.66. The summed E-state index contributed by atoms with van der Waals surface area (Å²) in [6, 6.07) is 22.3. The van der Waals surface area contributed by atoms with Crippen molar-refractivity contribution in [3.63, 3.8) is 0 Å². The second-order valence-corrected chi connectivity index (χ2v) is 8.52. The monoisotopic (exact) mass is 504 g/mol. The summed E-state index contributed by atoms with van der Waals surface area (Å²) in [7, 11) is 1.53. The van der Waals surface area contributed by atoms with Crippen molar-refractivity contribution in [2.45, 2.75) is 16.4 Å². The Morgan fingerprint density at radius 1 is 1.03 bits per heavy atom. The van der Waals surface area contributed by atoms with E-state index in [0.717, 1.165) is 21.0 Å². The number of nitrogens with zero attached hydrogens (tertiary/aromatic N) is 2. The molecular weight excluding hydrogens is 484 g/mol. The molecular formula is C26H20N2O7S. The van der Waals surface area contributed by atoms with Crippen molar-refractivity contribution in [1.82, 2.24) is 0 Å². The minimum atomic E-state index is -1.14. The van der Waals surface area contributed by atoms with Crippen LogP contribution in [0.15, 0.2) is 98.1 Å². The molecule has 0 amide bonds. The topological polar surface area (TPSA) is 124 Å². The van der Waals surface area contributed by atoms with Gasteiger partial charge in [-0.1, -0.05) is 11.8 Å². The van der Waals surface area contributed by atoms with Gasteiger partial charge in [0.05, 0.1) is 17.7 Å². The molecule has 1 aromatic heterocycles. The van der Waals surface area contributed by atoms with Gasteiger partial charge < -0.3 is 19.0 Å². The fourth-order valence-electron chi connectivity index (χ4n) is 3.12. The average molecular weight is 505 g/mol. The molecule has 0 fully saturated rings. The fourth-order valence-corrected chi connectivity index (χ4v) is 3.94. The van der Waals surface area contributed by atoms with Crippen LogP contribution in [0.25, 0.3) is 0 Å². The van der Waals surface area contributed by atoms with E-state index < -0.39 is 10.9 Å². The van der Waals surface area contributed by atoms with E-state index >= 15 is 0 Å². The molecule has 0 spiro atoms. The molecule has 0 saturated heterocycles. The molecule has 0 aliphatic heterocycles. The second-order valence-electron chi connectivity index (χ2n) is 7.38. The van der Waals surface area contributed by atoms with E-state index in [4.69, 9.17) is 19.0 Å². The summed E-state index contributed by atoms with van der Waals surface area (Å²) in [5.74, 6) is 0.0788. The summed E-state index contributed by atoms with van der Waals surface area (Å²) in [4.78, 5) is 27.7. The molecule has 0 unspecified atom stereocenters. The smallest absolute Gasteiger partial charge is 0.371 e. The van der Waals surface area contributed by atoms with Crippen LogP contribution in [0.1, 0.15) is 21.9 Å². The molecule has 0 radical (unpaired) electrons. The summed E-state index contributed by atoms with van der Waals surface area (Å²) in [5.41, 5.74) is 1.62. The van der Waals surface area contributed by atoms with Crippen LogP contribution in [0.3, 0.4) is 0 Å². The molecule has 0 aliphatic carbocycles. The van der Waals surface area contributed by atoms with Crippen LogP contribution in [0.4, 0.5) is 11.4 Å². The number of aromatic carboxylic acids is 1. The first-order valence-electron chi connectivity index (χ1n) is 10.6. The van der Waals surface area contributed by atoms with E-state index in [-0.39, 0.29) is 18.1 Å². The van der Waals surface area contributed by atoms with Crippen molar-refractivity contribution >= 4 is 35.3 Å². The summed E-state index contributed by atoms with van der Waals surface area (Å²) >= 11 is 1.50. The quantitative estimate of drug-likeness (QED) is 0.150. The normalized spacial score (nSPS) is 10.9. The van der Waals surface area contributed by atoms with Gasteiger partial charge in [0.1, 0.15) is 12.4 Å². The van der Waals surface area contributed by atoms with Gasteiger partial charge in [0.2, 0.25) is 5.76 Å². The van der Waals surface area contributed by atoms with Crippen LogP contribution in [0.2, 0.25) is 0 Å². The largest absolute Gasteiger partial charge is 0.493 e. The van der Waals surface area contributed by atoms with Crippen molar-refractivity contribution in [3.8, 4) is 11.5 Å². The van der Waals surface area contributed by atoms with E-state index in [9.17, 15) is 14.9 Å². The molecule has 4 rings (SSSR count). The molecule has 10 heteroatoms. The van der Waals surface area contributed by atoms with Gasteiger partial charge in [0.25, 0.3) is 5.69 Å². The molecule has 0 atom stereocenters. The van der Waals surface area contributed by atoms with Crippen LogP contribution < -0.4 is 9.47 Å². The van der Waals surface area contributed by atoms with Crippen molar-refractivity contribution in [2.24, 2.45) is 4.99 Å². The number of carbonyl (C=O) groups is 1. The number of carboxylic acid groups (broad SMARTS) is 1. The lowest BCUT2D eigenvalue weighted by molar-refractivity contribution is -0.384. The first-order valence-corrected chi connectivity index (χ1v) is 11.4. The van der Waals surface area contributed by atoms with Crippen molar-refractivity contribution in [2.75, 3.05) is 7.11 Å². The van der Waals surface area contributed by atoms with Crippen molar-refractivity contribution in [1.29, 1.82) is 0 Å². The van der Waals surface area contributed by atoms with Gasteiger partial charge in [0, 0.05) is 28.1 Å². The fraction of sp³-hybridized carbons (Fsp3) is 0.0769. The molecule has 36 heavy (non-hydrogen) atoms. The van der Waals surface area contributed by atoms with Crippen LogP contribution in [-0.4, -0.2) is 29.3 Å². The number of carboxylic acids is 1. The van der Waals surface area contributed by atoms with Crippen LogP contribution in [0, 0.1) is 10.1 Å². The van der Waals surface area contributed by atoms with Crippen LogP contribution >= 0.6 is 11.8 Å². The highest BCUT2D eigenvalue weighted by atomic mass is 32.2. The number of benzene rings is 3. The predicted octanol–water partition coefficient (Wildman–Crippen LogP) is 6.38. The summed E-state index contributed by atoms with van der Waals surface area (Å²) in [5, 5.41) is 19.7. The maximum atomic E-state index is 10.9. The molecule has 4 aromatic rings. The number of furan rings is 1. The Labute approximate surface area is 210 Å². The average Bonchev–Trinajstić information content (AvgIpc) is 3.37. The number of hydrogen-bond acceptors (Lipinski definition) is 8. The number of methoxy groups -OCH3 is 1. The lowest BCUT2D eigenvalue weighted by Crippen LogP contribution is -1.98. The number of nitro benzene ring substituents is 1. The Balaban J connectivity index is 1.37. The Bertz CT molecular complexity index is 1400. The molecule has 0 bridgehead atoms. The number of non-ortho nitro benzene ring substituents is 1. The molecule has 1 heterocycles. The zero-order valence-electron chi connectivity index (χ0n) is 19.0. The van der Waals surface area contributed by atoms with Gasteiger partial charge in [-0.15, -0.1) is 0 Å². The number of ether oxygens (including phenoxy) is 2. The van der Waals surface area contributed by atoms with Gasteiger partial charge in [-0.3, -0.25) is 15.1 Å². The van der Waals surface area contributed by atoms with E-state index in [2.05, 4.69) is 4.99 Å². The summed E-state index contributed by atoms with van der Waals surface area (Å²) < 4.78 is 16.3. The summed E-state index contributed by atoms with van der Waals surface area (Å²) in [6.07, 6.45) is 1.70. The van der Waals surface area contributed by atoms with Gasteiger partial charge in [-0.2, -0.15) is 0 Å². The summed E-state index contributed by atoms with van der Waals surface area (Å²) in [6.45, 7) is 0.0569. The third kappa shape index (κ3) is 6.30. The number of aliphatic imine (C=N–C) groups is 1. The van der Waals surface area contributed by atoms with Gasteiger partial charge >= 0.3 is 5.97 Å². The molecule has 1 N–H and O–H groups in total. The van der Waals surface area contributed by atoms with E-state index in [0.29, 0.717) is 17.3 Å². The highest BCUT2D eigenvalue weighted by Gasteiger charge is 2.11. The zero-order chi connectivity index (χ0) is 25.5. The lowest BCUT2D eigenvalue weighted by atomic mass is 10.2. The van der Waals surface area contributed by atoms with E-state index in [1.807, 2.05) is 30.3 Å². The number of hydrogen-bond donors (Lipinski definition) is 1. The zero-order valence-corrected chi connectivity index (χ0v) is 19.8. The third-order valence-electron chi connectivity index (χ3n) is 4.91. The predicted molar refractivity (Wildman–Crippen MR) is 134 cm³/mol. The molecule has 9 nitrogen and oxygen atoms in total. The second kappa shape index (κ2) is 11.2. The molecule has 3 aromatic carbocycles. The SMILES string of the molecule is COc1cc(C=Nc2ccc(Sc3ccc([N+](=O)[O-])cc3)cc2)ccc1OCc1ccc(C(=O)O)o1. The van der Waals surface area contributed by atoms with Crippen molar-refractivity contribution in [3.05, 3.63) is 106 Å². The third-order valence-corrected chi connectivity index (χ3v) is 5.93. The van der Waals surface area contributed by atoms with Gasteiger partial charge in [0.15, 0.2) is 11.5 Å². The molecule has 0 aliphatic rings. The van der Waals surface area contributed by atoms with E-state index in [1.54, 1.807) is 36.5 Å². The maximum Gasteiger partial charge on any atom is 0.371 e. The number of rotatable bonds is 10. The molecule has 0 saturated carbocycles. The standard InChI is InChI=1S/C26H20N2O7S/c1-33-25-14-17(2-12-23(25)34-16-20-7-13-24(35-20)26(29)30)15-27-18-3-8-21(9-4-18)36-22-10-5-19(6-11-22)28(31)32/h2-15H,16H2,1H3,(H,29,30). The molecule has 182 valence electrons. The van der Waals surface area contributed by atoms with Crippen LogP contribution in [-0.2, 0) is 6.61 Å².